The average molecular weight is 249 g/mol. The van der Waals surface area contributed by atoms with Crippen molar-refractivity contribution >= 4 is 5.91 Å². The van der Waals surface area contributed by atoms with E-state index in [1.807, 2.05) is 6.07 Å². The fourth-order valence-corrected chi connectivity index (χ4v) is 2.05. The molecule has 0 bridgehead atoms. The van der Waals surface area contributed by atoms with Gasteiger partial charge in [0.25, 0.3) is 5.91 Å². The molecule has 1 saturated heterocycles. The molecule has 2 rings (SSSR count). The molecule has 1 atom stereocenters. The third kappa shape index (κ3) is 3.27. The molecule has 0 spiro atoms. The molecule has 98 valence electrons. The molecular formula is C13H19N3O2. The van der Waals surface area contributed by atoms with E-state index in [4.69, 9.17) is 4.74 Å². The lowest BCUT2D eigenvalue weighted by molar-refractivity contribution is -0.0301. The number of hydrogen-bond donors (Lipinski definition) is 0. The maximum atomic E-state index is 12.1. The van der Waals surface area contributed by atoms with Crippen LogP contribution in [0, 0.1) is 0 Å². The van der Waals surface area contributed by atoms with Gasteiger partial charge in [0, 0.05) is 32.9 Å². The Balaban J connectivity index is 1.91. The van der Waals surface area contributed by atoms with E-state index in [-0.39, 0.29) is 12.0 Å². The zero-order valence-corrected chi connectivity index (χ0v) is 10.9. The zero-order chi connectivity index (χ0) is 13.0. The van der Waals surface area contributed by atoms with Gasteiger partial charge in [-0.05, 0) is 19.2 Å². The first-order valence-electron chi connectivity index (χ1n) is 6.13. The van der Waals surface area contributed by atoms with Crippen molar-refractivity contribution in [2.45, 2.75) is 6.10 Å². The number of morpholine rings is 1. The Kier molecular flexibility index (Phi) is 4.28. The molecule has 0 N–H and O–H groups in total. The van der Waals surface area contributed by atoms with E-state index in [2.05, 4.69) is 16.9 Å². The lowest BCUT2D eigenvalue weighted by Crippen LogP contribution is -2.46. The van der Waals surface area contributed by atoms with E-state index in [1.54, 1.807) is 30.3 Å². The number of pyridine rings is 1. The summed E-state index contributed by atoms with van der Waals surface area (Å²) in [6.07, 6.45) is 1.72. The molecule has 5 heteroatoms. The highest BCUT2D eigenvalue weighted by atomic mass is 16.5. The lowest BCUT2D eigenvalue weighted by Gasteiger charge is -2.32. The van der Waals surface area contributed by atoms with Crippen molar-refractivity contribution < 1.29 is 9.53 Å². The molecule has 1 aliphatic rings. The van der Waals surface area contributed by atoms with Gasteiger partial charge < -0.3 is 14.5 Å². The van der Waals surface area contributed by atoms with Crippen molar-refractivity contribution in [3.05, 3.63) is 30.1 Å². The fourth-order valence-electron chi connectivity index (χ4n) is 2.05. The first-order valence-corrected chi connectivity index (χ1v) is 6.13. The third-order valence-electron chi connectivity index (χ3n) is 3.05. The standard InChI is InChI=1S/C13H19N3O2/c1-15-7-8-18-11(9-15)10-16(2)13(17)12-5-3-4-6-14-12/h3-6,11H,7-10H2,1-2H3. The van der Waals surface area contributed by atoms with Gasteiger partial charge >= 0.3 is 0 Å². The largest absolute Gasteiger partial charge is 0.374 e. The minimum Gasteiger partial charge on any atom is -0.374 e. The Bertz CT molecular complexity index is 396. The minimum atomic E-state index is -0.0626. The maximum absolute atomic E-state index is 12.1. The number of aromatic nitrogens is 1. The van der Waals surface area contributed by atoms with Crippen LogP contribution in [0.1, 0.15) is 10.5 Å². The van der Waals surface area contributed by atoms with Crippen molar-refractivity contribution in [2.24, 2.45) is 0 Å². The molecule has 18 heavy (non-hydrogen) atoms. The average Bonchev–Trinajstić information content (AvgIpc) is 2.39. The van der Waals surface area contributed by atoms with Crippen molar-refractivity contribution in [1.82, 2.24) is 14.8 Å². The number of carbonyl (C=O) groups is 1. The van der Waals surface area contributed by atoms with Gasteiger partial charge in [-0.15, -0.1) is 0 Å². The van der Waals surface area contributed by atoms with Crippen molar-refractivity contribution in [1.29, 1.82) is 0 Å². The van der Waals surface area contributed by atoms with Crippen LogP contribution in [-0.2, 0) is 4.74 Å². The normalized spacial score (nSPS) is 20.7. The summed E-state index contributed by atoms with van der Waals surface area (Å²) < 4.78 is 5.65. The summed E-state index contributed by atoms with van der Waals surface area (Å²) in [5, 5.41) is 0. The van der Waals surface area contributed by atoms with E-state index in [1.165, 1.54) is 0 Å². The quantitative estimate of drug-likeness (QED) is 0.782. The van der Waals surface area contributed by atoms with E-state index >= 15 is 0 Å². The number of nitrogens with zero attached hydrogens (tertiary/aromatic N) is 3. The summed E-state index contributed by atoms with van der Waals surface area (Å²) in [4.78, 5) is 20.0. The topological polar surface area (TPSA) is 45.7 Å². The molecule has 0 aliphatic carbocycles. The third-order valence-corrected chi connectivity index (χ3v) is 3.05. The van der Waals surface area contributed by atoms with Crippen LogP contribution in [0.5, 0.6) is 0 Å². The van der Waals surface area contributed by atoms with Gasteiger partial charge in [-0.1, -0.05) is 6.07 Å². The van der Waals surface area contributed by atoms with E-state index < -0.39 is 0 Å². The smallest absolute Gasteiger partial charge is 0.272 e. The molecule has 1 aromatic rings. The first-order chi connectivity index (χ1) is 8.66. The minimum absolute atomic E-state index is 0.0626. The SMILES string of the molecule is CN1CCOC(CN(C)C(=O)c2ccccn2)C1. The highest BCUT2D eigenvalue weighted by Gasteiger charge is 2.22. The van der Waals surface area contributed by atoms with Gasteiger partial charge in [0.2, 0.25) is 0 Å². The molecule has 1 aromatic heterocycles. The number of ether oxygens (including phenoxy) is 1. The molecule has 1 fully saturated rings. The van der Waals surface area contributed by atoms with Gasteiger partial charge in [0.15, 0.2) is 0 Å². The Morgan fingerprint density at radius 2 is 2.44 bits per heavy atom. The summed E-state index contributed by atoms with van der Waals surface area (Å²) in [6, 6.07) is 5.35. The van der Waals surface area contributed by atoms with Crippen LogP contribution >= 0.6 is 0 Å². The summed E-state index contributed by atoms with van der Waals surface area (Å²) in [6.45, 7) is 3.14. The highest BCUT2D eigenvalue weighted by molar-refractivity contribution is 5.92. The summed E-state index contributed by atoms with van der Waals surface area (Å²) >= 11 is 0. The van der Waals surface area contributed by atoms with Crippen LogP contribution in [0.4, 0.5) is 0 Å². The maximum Gasteiger partial charge on any atom is 0.272 e. The second-order valence-corrected chi connectivity index (χ2v) is 4.66. The molecule has 5 nitrogen and oxygen atoms in total. The van der Waals surface area contributed by atoms with Gasteiger partial charge in [-0.3, -0.25) is 9.78 Å². The molecule has 0 aromatic carbocycles. The number of amides is 1. The van der Waals surface area contributed by atoms with Crippen LogP contribution < -0.4 is 0 Å². The van der Waals surface area contributed by atoms with E-state index in [0.29, 0.717) is 12.2 Å². The zero-order valence-electron chi connectivity index (χ0n) is 10.9. The number of rotatable bonds is 3. The van der Waals surface area contributed by atoms with Crippen molar-refractivity contribution in [3.8, 4) is 0 Å². The predicted molar refractivity (Wildman–Crippen MR) is 68.4 cm³/mol. The Hall–Kier alpha value is -1.46. The Morgan fingerprint density at radius 3 is 3.11 bits per heavy atom. The monoisotopic (exact) mass is 249 g/mol. The Morgan fingerprint density at radius 1 is 1.61 bits per heavy atom. The van der Waals surface area contributed by atoms with E-state index in [0.717, 1.165) is 19.7 Å². The molecule has 1 amide bonds. The molecule has 2 heterocycles. The van der Waals surface area contributed by atoms with Crippen LogP contribution in [0.15, 0.2) is 24.4 Å². The first kappa shape index (κ1) is 13.0. The van der Waals surface area contributed by atoms with Gasteiger partial charge in [0.05, 0.1) is 12.7 Å². The lowest BCUT2D eigenvalue weighted by atomic mass is 10.2. The predicted octanol–water partition coefficient (Wildman–Crippen LogP) is 0.484. The molecular weight excluding hydrogens is 230 g/mol. The second kappa shape index (κ2) is 5.93. The summed E-state index contributed by atoms with van der Waals surface area (Å²) in [5.74, 6) is -0.0626. The van der Waals surface area contributed by atoms with Gasteiger partial charge in [-0.2, -0.15) is 0 Å². The highest BCUT2D eigenvalue weighted by Crippen LogP contribution is 2.06. The van der Waals surface area contributed by atoms with Crippen LogP contribution in [0.25, 0.3) is 0 Å². The van der Waals surface area contributed by atoms with Gasteiger partial charge in [0.1, 0.15) is 5.69 Å². The number of likely N-dealkylation sites (N-methyl/N-ethyl adjacent to an activating group) is 2. The fraction of sp³-hybridized carbons (Fsp3) is 0.538. The Labute approximate surface area is 107 Å². The second-order valence-electron chi connectivity index (χ2n) is 4.66. The van der Waals surface area contributed by atoms with Crippen molar-refractivity contribution in [3.63, 3.8) is 0 Å². The summed E-state index contributed by atoms with van der Waals surface area (Å²) in [5.41, 5.74) is 0.476. The summed E-state index contributed by atoms with van der Waals surface area (Å²) in [7, 11) is 3.85. The molecule has 1 unspecified atom stereocenters. The molecule has 0 radical (unpaired) electrons. The van der Waals surface area contributed by atoms with E-state index in [9.17, 15) is 4.79 Å². The van der Waals surface area contributed by atoms with Crippen LogP contribution in [-0.4, -0.2) is 67.1 Å². The molecule has 0 saturated carbocycles. The molecule has 1 aliphatic heterocycles. The van der Waals surface area contributed by atoms with Crippen LogP contribution in [0.2, 0.25) is 0 Å². The number of hydrogen-bond acceptors (Lipinski definition) is 4. The van der Waals surface area contributed by atoms with Crippen molar-refractivity contribution in [2.75, 3.05) is 40.3 Å². The number of carbonyl (C=O) groups excluding carboxylic acids is 1. The van der Waals surface area contributed by atoms with Crippen LogP contribution in [0.3, 0.4) is 0 Å². The van der Waals surface area contributed by atoms with Gasteiger partial charge in [-0.25, -0.2) is 0 Å².